The summed E-state index contributed by atoms with van der Waals surface area (Å²) in [7, 11) is 0. The predicted octanol–water partition coefficient (Wildman–Crippen LogP) is 3.88. The third-order valence-corrected chi connectivity index (χ3v) is 7.11. The lowest BCUT2D eigenvalue weighted by atomic mass is 9.93. The number of ether oxygens (including phenoxy) is 1. The number of halogens is 1. The molecular weight excluding hydrogens is 487 g/mol. The van der Waals surface area contributed by atoms with Gasteiger partial charge in [-0.15, -0.1) is 0 Å². The summed E-state index contributed by atoms with van der Waals surface area (Å²) in [4.78, 5) is 45.0. The number of carbonyl (C=O) groups is 3. The number of esters is 1. The van der Waals surface area contributed by atoms with Crippen LogP contribution in [-0.2, 0) is 9.53 Å². The molecule has 0 saturated carbocycles. The first-order valence-corrected chi connectivity index (χ1v) is 13.1. The van der Waals surface area contributed by atoms with Gasteiger partial charge in [0, 0.05) is 55.6 Å². The molecule has 0 spiro atoms. The second kappa shape index (κ2) is 11.8. The minimum absolute atomic E-state index is 0.0181. The van der Waals surface area contributed by atoms with Gasteiger partial charge >= 0.3 is 12.0 Å². The third kappa shape index (κ3) is 5.57. The number of piperazine rings is 1. The highest BCUT2D eigenvalue weighted by Gasteiger charge is 2.40. The van der Waals surface area contributed by atoms with Gasteiger partial charge in [-0.25, -0.2) is 14.0 Å². The molecule has 1 fully saturated rings. The van der Waals surface area contributed by atoms with E-state index < -0.39 is 23.9 Å². The fraction of sp³-hybridized carbons (Fsp3) is 0.414. The van der Waals surface area contributed by atoms with Crippen LogP contribution in [0.3, 0.4) is 0 Å². The zero-order valence-electron chi connectivity index (χ0n) is 22.4. The van der Waals surface area contributed by atoms with E-state index in [0.29, 0.717) is 37.4 Å². The molecule has 0 bridgehead atoms. The van der Waals surface area contributed by atoms with E-state index in [-0.39, 0.29) is 36.2 Å². The van der Waals surface area contributed by atoms with Crippen LogP contribution in [0.5, 0.6) is 0 Å². The molecular formula is C29H35FN4O4. The standard InChI is InChI=1S/C29H35FN4O4/c1-5-33-24(18-32-15-16-34(20(4)17-32)27(35)21-13-11-19(3)12-14-21)25(28(36)38-6-2)26(31-29(33)37)22-9-7-8-10-23(22)30/h7-14,20,26H,5-6,15-18H2,1-4H3,(H,31,37). The van der Waals surface area contributed by atoms with Gasteiger partial charge in [-0.1, -0.05) is 35.9 Å². The molecule has 4 rings (SSSR count). The summed E-state index contributed by atoms with van der Waals surface area (Å²) >= 11 is 0. The SMILES string of the molecule is CCOC(=O)C1=C(CN2CCN(C(=O)c3ccc(C)cc3)C(C)C2)N(CC)C(=O)NC1c1ccccc1F. The first kappa shape index (κ1) is 27.3. The average Bonchev–Trinajstić information content (AvgIpc) is 2.89. The van der Waals surface area contributed by atoms with Crippen molar-refractivity contribution in [3.8, 4) is 0 Å². The molecule has 2 aromatic carbocycles. The van der Waals surface area contributed by atoms with E-state index in [1.807, 2.05) is 49.9 Å². The fourth-order valence-corrected chi connectivity index (χ4v) is 5.15. The van der Waals surface area contributed by atoms with Gasteiger partial charge in [0.1, 0.15) is 5.82 Å². The molecule has 2 aliphatic rings. The Morgan fingerprint density at radius 3 is 2.42 bits per heavy atom. The van der Waals surface area contributed by atoms with Crippen molar-refractivity contribution in [2.45, 2.75) is 39.8 Å². The van der Waals surface area contributed by atoms with Crippen molar-refractivity contribution in [1.82, 2.24) is 20.0 Å². The number of benzene rings is 2. The topological polar surface area (TPSA) is 82.2 Å². The number of urea groups is 1. The lowest BCUT2D eigenvalue weighted by molar-refractivity contribution is -0.139. The molecule has 1 N–H and O–H groups in total. The summed E-state index contributed by atoms with van der Waals surface area (Å²) < 4.78 is 20.2. The van der Waals surface area contributed by atoms with Crippen LogP contribution in [0.25, 0.3) is 0 Å². The molecule has 202 valence electrons. The van der Waals surface area contributed by atoms with Crippen LogP contribution in [0.4, 0.5) is 9.18 Å². The van der Waals surface area contributed by atoms with Gasteiger partial charge in [0.05, 0.1) is 18.2 Å². The lowest BCUT2D eigenvalue weighted by Gasteiger charge is -2.43. The summed E-state index contributed by atoms with van der Waals surface area (Å²) in [6.45, 7) is 9.90. The Hall–Kier alpha value is -3.72. The highest BCUT2D eigenvalue weighted by Crippen LogP contribution is 2.33. The first-order valence-electron chi connectivity index (χ1n) is 13.1. The second-order valence-corrected chi connectivity index (χ2v) is 9.68. The Morgan fingerprint density at radius 1 is 1.08 bits per heavy atom. The van der Waals surface area contributed by atoms with Crippen LogP contribution in [0.2, 0.25) is 0 Å². The Kier molecular flexibility index (Phi) is 8.46. The summed E-state index contributed by atoms with van der Waals surface area (Å²) in [5.74, 6) is -1.12. The molecule has 9 heteroatoms. The van der Waals surface area contributed by atoms with Crippen LogP contribution in [-0.4, -0.2) is 78.0 Å². The van der Waals surface area contributed by atoms with Crippen LogP contribution in [0, 0.1) is 12.7 Å². The normalized spacial score (nSPS) is 20.4. The molecule has 1 saturated heterocycles. The number of aryl methyl sites for hydroxylation is 1. The summed E-state index contributed by atoms with van der Waals surface area (Å²) in [5, 5.41) is 2.80. The predicted molar refractivity (Wildman–Crippen MR) is 142 cm³/mol. The zero-order valence-corrected chi connectivity index (χ0v) is 22.4. The molecule has 2 atom stereocenters. The maximum absolute atomic E-state index is 14.8. The van der Waals surface area contributed by atoms with Crippen molar-refractivity contribution in [3.63, 3.8) is 0 Å². The average molecular weight is 523 g/mol. The van der Waals surface area contributed by atoms with Crippen molar-refractivity contribution in [2.75, 3.05) is 39.3 Å². The van der Waals surface area contributed by atoms with E-state index in [2.05, 4.69) is 10.2 Å². The molecule has 8 nitrogen and oxygen atoms in total. The number of hydrogen-bond acceptors (Lipinski definition) is 5. The molecule has 0 radical (unpaired) electrons. The van der Waals surface area contributed by atoms with Gasteiger partial charge in [-0.2, -0.15) is 0 Å². The van der Waals surface area contributed by atoms with E-state index in [9.17, 15) is 18.8 Å². The quantitative estimate of drug-likeness (QED) is 0.558. The Balaban J connectivity index is 1.63. The van der Waals surface area contributed by atoms with Crippen molar-refractivity contribution in [3.05, 3.63) is 82.3 Å². The third-order valence-electron chi connectivity index (χ3n) is 7.11. The maximum Gasteiger partial charge on any atom is 0.338 e. The van der Waals surface area contributed by atoms with Gasteiger partial charge in [0.2, 0.25) is 0 Å². The van der Waals surface area contributed by atoms with E-state index in [1.165, 1.54) is 11.0 Å². The number of carbonyl (C=O) groups excluding carboxylic acids is 3. The minimum Gasteiger partial charge on any atom is -0.463 e. The molecule has 3 amide bonds. The van der Waals surface area contributed by atoms with Gasteiger partial charge in [-0.3, -0.25) is 14.6 Å². The molecule has 2 aliphatic heterocycles. The number of nitrogens with zero attached hydrogens (tertiary/aromatic N) is 3. The Labute approximate surface area is 223 Å². The van der Waals surface area contributed by atoms with Gasteiger partial charge in [0.15, 0.2) is 0 Å². The van der Waals surface area contributed by atoms with Crippen LogP contribution in [0.15, 0.2) is 59.8 Å². The van der Waals surface area contributed by atoms with Gasteiger partial charge in [0.25, 0.3) is 5.91 Å². The number of amides is 3. The molecule has 0 aliphatic carbocycles. The minimum atomic E-state index is -0.970. The summed E-state index contributed by atoms with van der Waals surface area (Å²) in [6, 6.07) is 12.2. The first-order chi connectivity index (χ1) is 18.2. The Morgan fingerprint density at radius 2 is 1.79 bits per heavy atom. The molecule has 2 aromatic rings. The summed E-state index contributed by atoms with van der Waals surface area (Å²) in [6.07, 6.45) is 0. The van der Waals surface area contributed by atoms with Crippen molar-refractivity contribution < 1.29 is 23.5 Å². The van der Waals surface area contributed by atoms with E-state index in [4.69, 9.17) is 4.74 Å². The number of nitrogens with one attached hydrogen (secondary N) is 1. The van der Waals surface area contributed by atoms with Crippen molar-refractivity contribution in [1.29, 1.82) is 0 Å². The smallest absolute Gasteiger partial charge is 0.338 e. The fourth-order valence-electron chi connectivity index (χ4n) is 5.15. The van der Waals surface area contributed by atoms with Crippen LogP contribution < -0.4 is 5.32 Å². The molecule has 2 heterocycles. The Bertz CT molecular complexity index is 1230. The molecule has 2 unspecified atom stereocenters. The number of rotatable bonds is 7. The molecule has 38 heavy (non-hydrogen) atoms. The van der Waals surface area contributed by atoms with Crippen LogP contribution in [0.1, 0.15) is 48.3 Å². The maximum atomic E-state index is 14.8. The lowest BCUT2D eigenvalue weighted by Crippen LogP contribution is -2.56. The van der Waals surface area contributed by atoms with Gasteiger partial charge < -0.3 is 15.0 Å². The highest BCUT2D eigenvalue weighted by atomic mass is 19.1. The highest BCUT2D eigenvalue weighted by molar-refractivity contribution is 5.95. The second-order valence-electron chi connectivity index (χ2n) is 9.68. The van der Waals surface area contributed by atoms with E-state index in [1.54, 1.807) is 25.1 Å². The zero-order chi connectivity index (χ0) is 27.4. The van der Waals surface area contributed by atoms with Gasteiger partial charge in [-0.05, 0) is 45.9 Å². The largest absolute Gasteiger partial charge is 0.463 e. The number of likely N-dealkylation sites (N-methyl/N-ethyl adjacent to an activating group) is 1. The number of hydrogen-bond donors (Lipinski definition) is 1. The van der Waals surface area contributed by atoms with Crippen molar-refractivity contribution in [2.24, 2.45) is 0 Å². The molecule has 0 aromatic heterocycles. The van der Waals surface area contributed by atoms with Crippen molar-refractivity contribution >= 4 is 17.9 Å². The monoisotopic (exact) mass is 522 g/mol. The summed E-state index contributed by atoms with van der Waals surface area (Å²) in [5.41, 5.74) is 2.67. The van der Waals surface area contributed by atoms with E-state index in [0.717, 1.165) is 5.56 Å². The van der Waals surface area contributed by atoms with Crippen LogP contribution >= 0.6 is 0 Å². The van der Waals surface area contributed by atoms with E-state index >= 15 is 0 Å².